The fraction of sp³-hybridized carbons (Fsp3) is 0.235. The van der Waals surface area contributed by atoms with Crippen molar-refractivity contribution in [2.75, 3.05) is 24.4 Å². The molecular formula is C17H18N2O4S3. The van der Waals surface area contributed by atoms with Crippen LogP contribution in [0.15, 0.2) is 52.3 Å². The van der Waals surface area contributed by atoms with Gasteiger partial charge in [-0.05, 0) is 30.3 Å². The Labute approximate surface area is 156 Å². The molecule has 6 nitrogen and oxygen atoms in total. The summed E-state index contributed by atoms with van der Waals surface area (Å²) in [4.78, 5) is 4.50. The number of hydrogen-bond acceptors (Lipinski definition) is 7. The van der Waals surface area contributed by atoms with Crippen molar-refractivity contribution < 1.29 is 16.8 Å². The lowest BCUT2D eigenvalue weighted by atomic mass is 10.3. The van der Waals surface area contributed by atoms with E-state index >= 15 is 0 Å². The normalized spacial score (nSPS) is 12.4. The van der Waals surface area contributed by atoms with Crippen molar-refractivity contribution in [3.8, 4) is 0 Å². The van der Waals surface area contributed by atoms with Crippen molar-refractivity contribution in [2.45, 2.75) is 16.2 Å². The molecule has 0 amide bonds. The van der Waals surface area contributed by atoms with Crippen LogP contribution in [-0.2, 0) is 26.1 Å². The summed E-state index contributed by atoms with van der Waals surface area (Å²) in [5.41, 5.74) is 1.34. The van der Waals surface area contributed by atoms with Crippen molar-refractivity contribution in [1.82, 2.24) is 4.98 Å². The number of nitrogens with zero attached hydrogens (tertiary/aromatic N) is 1. The van der Waals surface area contributed by atoms with Gasteiger partial charge >= 0.3 is 0 Å². The number of thiazole rings is 1. The quantitative estimate of drug-likeness (QED) is 0.672. The number of nitrogens with one attached hydrogen (secondary N) is 1. The molecule has 0 radical (unpaired) electrons. The van der Waals surface area contributed by atoms with E-state index < -0.39 is 19.7 Å². The first-order chi connectivity index (χ1) is 12.1. The Morgan fingerprint density at radius 1 is 1.00 bits per heavy atom. The second kappa shape index (κ2) is 6.98. The van der Waals surface area contributed by atoms with Crippen molar-refractivity contribution in [1.29, 1.82) is 0 Å². The molecule has 0 saturated carbocycles. The Morgan fingerprint density at radius 3 is 2.38 bits per heavy atom. The van der Waals surface area contributed by atoms with Crippen molar-refractivity contribution in [3.63, 3.8) is 0 Å². The fourth-order valence-corrected chi connectivity index (χ4v) is 5.09. The van der Waals surface area contributed by atoms with Gasteiger partial charge in [-0.15, -0.1) is 11.3 Å². The first kappa shape index (κ1) is 18.8. The highest BCUT2D eigenvalue weighted by Crippen LogP contribution is 2.26. The Bertz CT molecular complexity index is 1130. The summed E-state index contributed by atoms with van der Waals surface area (Å²) in [5.74, 6) is 0. The number of sulfone groups is 2. The van der Waals surface area contributed by atoms with Crippen LogP contribution in [0.2, 0.25) is 0 Å². The predicted octanol–water partition coefficient (Wildman–Crippen LogP) is 2.76. The van der Waals surface area contributed by atoms with Gasteiger partial charge < -0.3 is 5.32 Å². The predicted molar refractivity (Wildman–Crippen MR) is 104 cm³/mol. The molecule has 0 spiro atoms. The first-order valence-corrected chi connectivity index (χ1v) is 12.4. The molecule has 0 fully saturated rings. The molecule has 0 aliphatic carbocycles. The zero-order valence-electron chi connectivity index (χ0n) is 14.3. The van der Waals surface area contributed by atoms with Crippen LogP contribution < -0.4 is 5.32 Å². The number of hydrogen-bond donors (Lipinski definition) is 1. The van der Waals surface area contributed by atoms with Gasteiger partial charge in [-0.2, -0.15) is 0 Å². The Morgan fingerprint density at radius 2 is 1.73 bits per heavy atom. The molecule has 2 aromatic carbocycles. The molecule has 0 bridgehead atoms. The first-order valence-electron chi connectivity index (χ1n) is 7.77. The number of fused-ring (bicyclic) bond motifs is 1. The third-order valence-electron chi connectivity index (χ3n) is 3.77. The molecule has 0 aliphatic heterocycles. The van der Waals surface area contributed by atoms with Crippen LogP contribution in [0.4, 0.5) is 5.69 Å². The lowest BCUT2D eigenvalue weighted by molar-refractivity contribution is 0.600. The van der Waals surface area contributed by atoms with Gasteiger partial charge in [-0.3, -0.25) is 0 Å². The van der Waals surface area contributed by atoms with E-state index in [4.69, 9.17) is 0 Å². The van der Waals surface area contributed by atoms with Crippen LogP contribution >= 0.6 is 11.3 Å². The molecule has 1 heterocycles. The molecular weight excluding hydrogens is 392 g/mol. The number of para-hydroxylation sites is 1. The minimum atomic E-state index is -3.57. The highest BCUT2D eigenvalue weighted by atomic mass is 32.2. The summed E-state index contributed by atoms with van der Waals surface area (Å²) in [6.07, 6.45) is 2.75. The van der Waals surface area contributed by atoms with E-state index in [1.165, 1.54) is 18.2 Å². The molecule has 0 saturated heterocycles. The topological polar surface area (TPSA) is 93.2 Å². The maximum atomic E-state index is 12.0. The van der Waals surface area contributed by atoms with Gasteiger partial charge in [-0.1, -0.05) is 12.1 Å². The molecule has 1 aromatic heterocycles. The molecule has 138 valence electrons. The second-order valence-electron chi connectivity index (χ2n) is 5.95. The highest BCUT2D eigenvalue weighted by Gasteiger charge is 2.18. The molecule has 9 heteroatoms. The summed E-state index contributed by atoms with van der Waals surface area (Å²) >= 11 is 1.60. The van der Waals surface area contributed by atoms with Gasteiger partial charge in [0.15, 0.2) is 19.7 Å². The van der Waals surface area contributed by atoms with E-state index in [2.05, 4.69) is 10.3 Å². The maximum absolute atomic E-state index is 12.0. The van der Waals surface area contributed by atoms with E-state index in [0.717, 1.165) is 27.7 Å². The molecule has 0 atom stereocenters. The van der Waals surface area contributed by atoms with Crippen LogP contribution in [-0.4, -0.2) is 40.9 Å². The third kappa shape index (κ3) is 4.22. The van der Waals surface area contributed by atoms with Crippen molar-refractivity contribution >= 4 is 46.9 Å². The monoisotopic (exact) mass is 410 g/mol. The lowest BCUT2D eigenvalue weighted by Crippen LogP contribution is -2.10. The van der Waals surface area contributed by atoms with E-state index in [-0.39, 0.29) is 9.79 Å². The Hall–Kier alpha value is -1.97. The molecule has 0 unspecified atom stereocenters. The summed E-state index contributed by atoms with van der Waals surface area (Å²) in [6.45, 7) is 0.487. The van der Waals surface area contributed by atoms with Crippen LogP contribution in [0.25, 0.3) is 10.2 Å². The Balaban J connectivity index is 1.80. The van der Waals surface area contributed by atoms with Gasteiger partial charge in [0.05, 0.1) is 30.7 Å². The second-order valence-corrected chi connectivity index (χ2v) is 11.1. The number of rotatable bonds is 6. The fourth-order valence-electron chi connectivity index (χ4n) is 2.52. The lowest BCUT2D eigenvalue weighted by Gasteiger charge is -2.11. The Kier molecular flexibility index (Phi) is 5.05. The van der Waals surface area contributed by atoms with Crippen LogP contribution in [0.5, 0.6) is 0 Å². The average molecular weight is 411 g/mol. The van der Waals surface area contributed by atoms with Gasteiger partial charge in [0.2, 0.25) is 0 Å². The highest BCUT2D eigenvalue weighted by molar-refractivity contribution is 7.91. The van der Waals surface area contributed by atoms with Crippen LogP contribution in [0, 0.1) is 0 Å². The van der Waals surface area contributed by atoms with E-state index in [1.807, 2.05) is 24.3 Å². The largest absolute Gasteiger partial charge is 0.384 e. The van der Waals surface area contributed by atoms with Crippen LogP contribution in [0.1, 0.15) is 5.01 Å². The van der Waals surface area contributed by atoms with E-state index in [9.17, 15) is 16.8 Å². The molecule has 1 N–H and O–H groups in total. The molecule has 3 rings (SSSR count). The average Bonchev–Trinajstić information content (AvgIpc) is 2.95. The summed E-state index contributed by atoms with van der Waals surface area (Å²) in [6, 6.07) is 12.0. The van der Waals surface area contributed by atoms with Crippen molar-refractivity contribution in [2.24, 2.45) is 0 Å². The van der Waals surface area contributed by atoms with E-state index in [0.29, 0.717) is 18.7 Å². The smallest absolute Gasteiger partial charge is 0.177 e. The van der Waals surface area contributed by atoms with Crippen LogP contribution in [0.3, 0.4) is 0 Å². The minimum absolute atomic E-state index is 0.0188. The van der Waals surface area contributed by atoms with Gasteiger partial charge in [0, 0.05) is 25.5 Å². The molecule has 3 aromatic rings. The van der Waals surface area contributed by atoms with Gasteiger partial charge in [0.25, 0.3) is 0 Å². The molecule has 26 heavy (non-hydrogen) atoms. The number of benzene rings is 2. The summed E-state index contributed by atoms with van der Waals surface area (Å²) in [7, 11) is -7.05. The van der Waals surface area contributed by atoms with Crippen molar-refractivity contribution in [3.05, 3.63) is 47.5 Å². The SMILES string of the molecule is CS(=O)(=O)c1ccc(NCCc2nc3ccccc3s2)c(S(C)(=O)=O)c1. The minimum Gasteiger partial charge on any atom is -0.384 e. The summed E-state index contributed by atoms with van der Waals surface area (Å²) in [5, 5.41) is 4.04. The summed E-state index contributed by atoms with van der Waals surface area (Å²) < 4.78 is 48.6. The zero-order chi connectivity index (χ0) is 18.9. The maximum Gasteiger partial charge on any atom is 0.177 e. The number of anilines is 1. The van der Waals surface area contributed by atoms with E-state index in [1.54, 1.807) is 11.3 Å². The number of aromatic nitrogens is 1. The zero-order valence-corrected chi connectivity index (χ0v) is 16.7. The van der Waals surface area contributed by atoms with Gasteiger partial charge in [-0.25, -0.2) is 21.8 Å². The van der Waals surface area contributed by atoms with Gasteiger partial charge in [0.1, 0.15) is 0 Å². The third-order valence-corrected chi connectivity index (χ3v) is 7.12. The molecule has 0 aliphatic rings. The standard InChI is InChI=1S/C17H18N2O4S3/c1-25(20,21)12-7-8-14(16(11-12)26(2,22)23)18-10-9-17-19-13-5-3-4-6-15(13)24-17/h3-8,11,18H,9-10H2,1-2H3.